The molecule has 1 aromatic carbocycles. The highest BCUT2D eigenvalue weighted by Crippen LogP contribution is 2.18. The van der Waals surface area contributed by atoms with Crippen LogP contribution in [0.5, 0.6) is 0 Å². The molecule has 0 aliphatic carbocycles. The van der Waals surface area contributed by atoms with Crippen LogP contribution in [0.2, 0.25) is 0 Å². The van der Waals surface area contributed by atoms with Gasteiger partial charge in [-0.05, 0) is 12.1 Å². The number of rotatable bonds is 7. The van der Waals surface area contributed by atoms with Gasteiger partial charge in [0, 0.05) is 18.5 Å². The maximum absolute atomic E-state index is 11.8. The van der Waals surface area contributed by atoms with Crippen LogP contribution in [-0.4, -0.2) is 58.5 Å². The third-order valence-electron chi connectivity index (χ3n) is 3.63. The van der Waals surface area contributed by atoms with E-state index in [0.29, 0.717) is 16.7 Å². The Labute approximate surface area is 152 Å². The number of fused-ring (bicyclic) bond motifs is 1. The molecule has 10 heteroatoms. The molecular formula is C16H15N3O6S. The fourth-order valence-corrected chi connectivity index (χ4v) is 3.11. The predicted molar refractivity (Wildman–Crippen MR) is 91.2 cm³/mol. The molecule has 2 heterocycles. The highest BCUT2D eigenvalue weighted by molar-refractivity contribution is 8.14. The van der Waals surface area contributed by atoms with Crippen LogP contribution >= 0.6 is 11.8 Å². The maximum atomic E-state index is 11.8. The van der Waals surface area contributed by atoms with Gasteiger partial charge < -0.3 is 14.6 Å². The molecule has 3 rings (SSSR count). The average Bonchev–Trinajstić information content (AvgIpc) is 3.18. The van der Waals surface area contributed by atoms with Gasteiger partial charge >= 0.3 is 5.97 Å². The smallest absolute Gasteiger partial charge is 0.312 e. The summed E-state index contributed by atoms with van der Waals surface area (Å²) in [5.74, 6) is -1.28. The van der Waals surface area contributed by atoms with E-state index < -0.39 is 18.5 Å². The number of carbonyl (C=O) groups excluding carboxylic acids is 4. The summed E-state index contributed by atoms with van der Waals surface area (Å²) in [6.07, 6.45) is -0.113. The van der Waals surface area contributed by atoms with Gasteiger partial charge in [-0.1, -0.05) is 29.1 Å². The minimum absolute atomic E-state index is 0.0925. The summed E-state index contributed by atoms with van der Waals surface area (Å²) in [6, 6.07) is 7.11. The van der Waals surface area contributed by atoms with Gasteiger partial charge in [-0.3, -0.25) is 24.1 Å². The molecule has 0 spiro atoms. The number of nitrogens with zero attached hydrogens (tertiary/aromatic N) is 2. The van der Waals surface area contributed by atoms with Crippen LogP contribution in [0.15, 0.2) is 28.8 Å². The largest absolute Gasteiger partial charge is 0.455 e. The van der Waals surface area contributed by atoms with Crippen LogP contribution in [0, 0.1) is 0 Å². The number of para-hydroxylation sites is 1. The van der Waals surface area contributed by atoms with E-state index in [1.165, 1.54) is 0 Å². The van der Waals surface area contributed by atoms with Crippen LogP contribution in [0.4, 0.5) is 4.79 Å². The second-order valence-corrected chi connectivity index (χ2v) is 6.34. The van der Waals surface area contributed by atoms with Crippen molar-refractivity contribution < 1.29 is 28.4 Å². The van der Waals surface area contributed by atoms with Gasteiger partial charge in [0.15, 0.2) is 12.2 Å². The first-order valence-corrected chi connectivity index (χ1v) is 8.76. The van der Waals surface area contributed by atoms with Gasteiger partial charge in [0.05, 0.1) is 12.2 Å². The Bertz CT molecular complexity index is 849. The number of amides is 3. The van der Waals surface area contributed by atoms with Crippen molar-refractivity contribution in [3.8, 4) is 0 Å². The quantitative estimate of drug-likeness (QED) is 0.701. The van der Waals surface area contributed by atoms with Crippen LogP contribution in [0.1, 0.15) is 5.69 Å². The molecule has 1 N–H and O–H groups in total. The summed E-state index contributed by atoms with van der Waals surface area (Å²) in [4.78, 5) is 47.4. The zero-order valence-corrected chi connectivity index (χ0v) is 14.4. The molecule has 1 saturated heterocycles. The molecule has 1 aliphatic rings. The van der Waals surface area contributed by atoms with Crippen LogP contribution in [-0.2, 0) is 25.5 Å². The molecule has 136 valence electrons. The summed E-state index contributed by atoms with van der Waals surface area (Å²) in [7, 11) is 0. The molecule has 0 radical (unpaired) electrons. The van der Waals surface area contributed by atoms with Gasteiger partial charge in [-0.25, -0.2) is 0 Å². The summed E-state index contributed by atoms with van der Waals surface area (Å²) >= 11 is 0.931. The number of aromatic nitrogens is 1. The van der Waals surface area contributed by atoms with Gasteiger partial charge in [0.25, 0.3) is 11.1 Å². The summed E-state index contributed by atoms with van der Waals surface area (Å²) in [6.45, 7) is -0.261. The number of thioether (sulfide) groups is 1. The van der Waals surface area contributed by atoms with E-state index in [-0.39, 0.29) is 36.4 Å². The summed E-state index contributed by atoms with van der Waals surface area (Å²) in [5.41, 5.74) is 1.01. The Morgan fingerprint density at radius 3 is 2.88 bits per heavy atom. The van der Waals surface area contributed by atoms with Crippen molar-refractivity contribution in [1.29, 1.82) is 0 Å². The number of imide groups is 1. The minimum atomic E-state index is -0.611. The monoisotopic (exact) mass is 377 g/mol. The number of carbonyl (C=O) groups is 4. The Morgan fingerprint density at radius 1 is 1.31 bits per heavy atom. The number of benzene rings is 1. The predicted octanol–water partition coefficient (Wildman–Crippen LogP) is 0.725. The van der Waals surface area contributed by atoms with E-state index in [2.05, 4.69) is 10.5 Å². The molecule has 1 fully saturated rings. The lowest BCUT2D eigenvalue weighted by Gasteiger charge is -2.13. The molecule has 1 aliphatic heterocycles. The summed E-state index contributed by atoms with van der Waals surface area (Å²) in [5, 5.41) is 6.70. The van der Waals surface area contributed by atoms with E-state index in [4.69, 9.17) is 9.26 Å². The van der Waals surface area contributed by atoms with Gasteiger partial charge in [0.2, 0.25) is 5.91 Å². The first-order valence-electron chi connectivity index (χ1n) is 7.77. The van der Waals surface area contributed by atoms with Gasteiger partial charge in [0.1, 0.15) is 5.69 Å². The lowest BCUT2D eigenvalue weighted by atomic mass is 10.2. The Hall–Kier alpha value is -2.88. The second kappa shape index (κ2) is 8.00. The standard InChI is InChI=1S/C16H15N3O6S/c20-13(17-5-6-19-14(21)9-26-16(19)23)8-24-15(22)7-11-10-3-1-2-4-12(10)25-18-11/h1-4H,5-9H2,(H,17,20). The maximum Gasteiger partial charge on any atom is 0.312 e. The fraction of sp³-hybridized carbons (Fsp3) is 0.312. The Kier molecular flexibility index (Phi) is 5.52. The topological polar surface area (TPSA) is 119 Å². The molecule has 0 unspecified atom stereocenters. The van der Waals surface area contributed by atoms with Crippen molar-refractivity contribution in [2.75, 3.05) is 25.4 Å². The molecule has 2 aromatic rings. The third-order valence-corrected chi connectivity index (χ3v) is 4.48. The van der Waals surface area contributed by atoms with Crippen LogP contribution in [0.25, 0.3) is 11.0 Å². The number of ether oxygens (including phenoxy) is 1. The second-order valence-electron chi connectivity index (χ2n) is 5.41. The molecule has 1 aromatic heterocycles. The molecule has 26 heavy (non-hydrogen) atoms. The van der Waals surface area contributed by atoms with Gasteiger partial charge in [-0.15, -0.1) is 0 Å². The normalized spacial score (nSPS) is 14.1. The Morgan fingerprint density at radius 2 is 2.12 bits per heavy atom. The highest BCUT2D eigenvalue weighted by Gasteiger charge is 2.29. The summed E-state index contributed by atoms with van der Waals surface area (Å²) < 4.78 is 10.0. The molecule has 0 atom stereocenters. The first-order chi connectivity index (χ1) is 12.5. The molecule has 9 nitrogen and oxygen atoms in total. The highest BCUT2D eigenvalue weighted by atomic mass is 32.2. The zero-order chi connectivity index (χ0) is 18.5. The van der Waals surface area contributed by atoms with Crippen molar-refractivity contribution in [1.82, 2.24) is 15.4 Å². The van der Waals surface area contributed by atoms with Crippen molar-refractivity contribution in [3.05, 3.63) is 30.0 Å². The lowest BCUT2D eigenvalue weighted by molar-refractivity contribution is -0.147. The SMILES string of the molecule is O=C(COC(=O)Cc1noc2ccccc12)NCCN1C(=O)CSC1=O. The van der Waals surface area contributed by atoms with E-state index in [1.807, 2.05) is 0 Å². The van der Waals surface area contributed by atoms with E-state index in [1.54, 1.807) is 24.3 Å². The minimum Gasteiger partial charge on any atom is -0.455 e. The number of hydrogen-bond acceptors (Lipinski definition) is 8. The van der Waals surface area contributed by atoms with Crippen LogP contribution < -0.4 is 5.32 Å². The molecule has 0 saturated carbocycles. The molecular weight excluding hydrogens is 362 g/mol. The van der Waals surface area contributed by atoms with Crippen molar-refractivity contribution in [2.24, 2.45) is 0 Å². The lowest BCUT2D eigenvalue weighted by Crippen LogP contribution is -2.38. The number of nitrogens with one attached hydrogen (secondary N) is 1. The zero-order valence-electron chi connectivity index (χ0n) is 13.6. The van der Waals surface area contributed by atoms with E-state index >= 15 is 0 Å². The first kappa shape index (κ1) is 17.9. The third kappa shape index (κ3) is 4.20. The average molecular weight is 377 g/mol. The molecule has 3 amide bonds. The van der Waals surface area contributed by atoms with Crippen LogP contribution in [0.3, 0.4) is 0 Å². The number of hydrogen-bond donors (Lipinski definition) is 1. The van der Waals surface area contributed by atoms with E-state index in [0.717, 1.165) is 16.7 Å². The van der Waals surface area contributed by atoms with Gasteiger partial charge in [-0.2, -0.15) is 0 Å². The van der Waals surface area contributed by atoms with Crippen molar-refractivity contribution >= 4 is 45.8 Å². The van der Waals surface area contributed by atoms with Crippen molar-refractivity contribution in [2.45, 2.75) is 6.42 Å². The fourth-order valence-electron chi connectivity index (χ4n) is 2.35. The Balaban J connectivity index is 1.39. The molecule has 0 bridgehead atoms. The number of esters is 1. The van der Waals surface area contributed by atoms with Crippen molar-refractivity contribution in [3.63, 3.8) is 0 Å². The van der Waals surface area contributed by atoms with E-state index in [9.17, 15) is 19.2 Å².